The summed E-state index contributed by atoms with van der Waals surface area (Å²) in [4.78, 5) is 12.4. The Labute approximate surface area is 93.6 Å². The molecule has 0 radical (unpaired) electrons. The Balaban J connectivity index is 2.73. The van der Waals surface area contributed by atoms with Crippen molar-refractivity contribution in [1.82, 2.24) is 4.90 Å². The molecule has 0 aromatic heterocycles. The van der Waals surface area contributed by atoms with Crippen molar-refractivity contribution in [2.24, 2.45) is 0 Å². The van der Waals surface area contributed by atoms with Crippen LogP contribution in [0.1, 0.15) is 12.5 Å². The predicted octanol–water partition coefficient (Wildman–Crippen LogP) is 1.00. The number of carboxylic acids is 1. The summed E-state index contributed by atoms with van der Waals surface area (Å²) < 4.78 is 0. The van der Waals surface area contributed by atoms with Gasteiger partial charge in [0.25, 0.3) is 0 Å². The zero-order valence-corrected chi connectivity index (χ0v) is 9.21. The van der Waals surface area contributed by atoms with Crippen LogP contribution in [0.5, 0.6) is 11.5 Å². The summed E-state index contributed by atoms with van der Waals surface area (Å²) in [6.07, 6.45) is 0. The van der Waals surface area contributed by atoms with Crippen LogP contribution in [-0.4, -0.2) is 39.3 Å². The molecule has 0 aliphatic heterocycles. The number of aliphatic carboxylic acids is 1. The lowest BCUT2D eigenvalue weighted by atomic mass is 10.1. The lowest BCUT2D eigenvalue weighted by Crippen LogP contribution is -2.35. The van der Waals surface area contributed by atoms with Crippen LogP contribution in [0.4, 0.5) is 0 Å². The van der Waals surface area contributed by atoms with E-state index < -0.39 is 12.0 Å². The van der Waals surface area contributed by atoms with Gasteiger partial charge in [-0.15, -0.1) is 0 Å². The van der Waals surface area contributed by atoms with E-state index in [0.29, 0.717) is 6.54 Å². The maximum absolute atomic E-state index is 10.7. The molecule has 0 saturated heterocycles. The van der Waals surface area contributed by atoms with E-state index >= 15 is 0 Å². The molecule has 5 nitrogen and oxygen atoms in total. The van der Waals surface area contributed by atoms with Gasteiger partial charge in [0.15, 0.2) is 11.5 Å². The van der Waals surface area contributed by atoms with Crippen LogP contribution in [0.25, 0.3) is 0 Å². The fraction of sp³-hybridized carbons (Fsp3) is 0.364. The number of aromatic hydroxyl groups is 2. The number of carboxylic acid groups (broad SMARTS) is 1. The number of hydrogen-bond donors (Lipinski definition) is 3. The average molecular weight is 225 g/mol. The monoisotopic (exact) mass is 225 g/mol. The largest absolute Gasteiger partial charge is 0.504 e. The topological polar surface area (TPSA) is 81.0 Å². The maximum Gasteiger partial charge on any atom is 0.320 e. The Hall–Kier alpha value is -1.75. The minimum absolute atomic E-state index is 0.183. The Morgan fingerprint density at radius 3 is 2.50 bits per heavy atom. The molecule has 1 atom stereocenters. The highest BCUT2D eigenvalue weighted by Crippen LogP contribution is 2.25. The highest BCUT2D eigenvalue weighted by atomic mass is 16.4. The summed E-state index contributed by atoms with van der Waals surface area (Å²) in [5.41, 5.74) is 0.742. The third-order valence-electron chi connectivity index (χ3n) is 2.49. The molecule has 1 rings (SSSR count). The minimum Gasteiger partial charge on any atom is -0.504 e. The van der Waals surface area contributed by atoms with Crippen LogP contribution in [0, 0.1) is 0 Å². The summed E-state index contributed by atoms with van der Waals surface area (Å²) in [5, 5.41) is 27.2. The highest BCUT2D eigenvalue weighted by Gasteiger charge is 2.16. The minimum atomic E-state index is -0.898. The first kappa shape index (κ1) is 12.3. The van der Waals surface area contributed by atoms with Gasteiger partial charge in [-0.05, 0) is 31.7 Å². The Bertz CT molecular complexity index is 392. The third kappa shape index (κ3) is 2.87. The van der Waals surface area contributed by atoms with Gasteiger partial charge in [0.05, 0.1) is 0 Å². The van der Waals surface area contributed by atoms with Gasteiger partial charge < -0.3 is 15.3 Å². The molecule has 1 aromatic carbocycles. The van der Waals surface area contributed by atoms with E-state index in [4.69, 9.17) is 10.2 Å². The fourth-order valence-electron chi connectivity index (χ4n) is 1.28. The van der Waals surface area contributed by atoms with Crippen molar-refractivity contribution in [3.05, 3.63) is 23.8 Å². The van der Waals surface area contributed by atoms with Crippen molar-refractivity contribution < 1.29 is 20.1 Å². The molecule has 0 aliphatic carbocycles. The maximum atomic E-state index is 10.7. The molecule has 0 spiro atoms. The van der Waals surface area contributed by atoms with Gasteiger partial charge in [0.2, 0.25) is 0 Å². The number of likely N-dealkylation sites (N-methyl/N-ethyl adjacent to an activating group) is 1. The van der Waals surface area contributed by atoms with Crippen molar-refractivity contribution in [3.8, 4) is 11.5 Å². The predicted molar refractivity (Wildman–Crippen MR) is 58.3 cm³/mol. The normalized spacial score (nSPS) is 12.7. The van der Waals surface area contributed by atoms with Gasteiger partial charge in [-0.2, -0.15) is 0 Å². The van der Waals surface area contributed by atoms with Crippen LogP contribution < -0.4 is 0 Å². The number of carbonyl (C=O) groups is 1. The first-order valence-electron chi connectivity index (χ1n) is 4.85. The van der Waals surface area contributed by atoms with E-state index in [9.17, 15) is 9.90 Å². The molecule has 3 N–H and O–H groups in total. The molecule has 88 valence electrons. The van der Waals surface area contributed by atoms with Gasteiger partial charge in [-0.25, -0.2) is 0 Å². The summed E-state index contributed by atoms with van der Waals surface area (Å²) in [7, 11) is 1.68. The Morgan fingerprint density at radius 2 is 2.00 bits per heavy atom. The zero-order chi connectivity index (χ0) is 12.3. The summed E-state index contributed by atoms with van der Waals surface area (Å²) in [6, 6.07) is 3.83. The van der Waals surface area contributed by atoms with Gasteiger partial charge in [-0.3, -0.25) is 9.69 Å². The summed E-state index contributed by atoms with van der Waals surface area (Å²) in [6.45, 7) is 1.98. The second-order valence-corrected chi connectivity index (χ2v) is 3.75. The van der Waals surface area contributed by atoms with E-state index in [2.05, 4.69) is 0 Å². The van der Waals surface area contributed by atoms with Crippen LogP contribution in [0.3, 0.4) is 0 Å². The number of benzene rings is 1. The quantitative estimate of drug-likeness (QED) is 0.666. The van der Waals surface area contributed by atoms with Crippen LogP contribution in [-0.2, 0) is 11.3 Å². The van der Waals surface area contributed by atoms with Gasteiger partial charge in [0.1, 0.15) is 6.04 Å². The molecule has 1 aromatic rings. The molecule has 0 fully saturated rings. The average Bonchev–Trinajstić information content (AvgIpc) is 2.22. The molecule has 0 saturated carbocycles. The smallest absolute Gasteiger partial charge is 0.320 e. The molecule has 0 bridgehead atoms. The summed E-state index contributed by atoms with van der Waals surface area (Å²) >= 11 is 0. The molecule has 1 unspecified atom stereocenters. The molecule has 0 amide bonds. The fourth-order valence-corrected chi connectivity index (χ4v) is 1.28. The van der Waals surface area contributed by atoms with Crippen molar-refractivity contribution in [3.63, 3.8) is 0 Å². The lowest BCUT2D eigenvalue weighted by molar-refractivity contribution is -0.142. The van der Waals surface area contributed by atoms with Crippen molar-refractivity contribution in [1.29, 1.82) is 0 Å². The van der Waals surface area contributed by atoms with Gasteiger partial charge in [0, 0.05) is 6.54 Å². The highest BCUT2D eigenvalue weighted by molar-refractivity contribution is 5.72. The van der Waals surface area contributed by atoms with Crippen LogP contribution in [0.2, 0.25) is 0 Å². The Morgan fingerprint density at radius 1 is 1.38 bits per heavy atom. The van der Waals surface area contributed by atoms with E-state index in [1.54, 1.807) is 24.9 Å². The van der Waals surface area contributed by atoms with Gasteiger partial charge >= 0.3 is 5.97 Å². The van der Waals surface area contributed by atoms with E-state index in [-0.39, 0.29) is 11.5 Å². The van der Waals surface area contributed by atoms with Crippen LogP contribution in [0.15, 0.2) is 18.2 Å². The van der Waals surface area contributed by atoms with Crippen molar-refractivity contribution in [2.75, 3.05) is 7.05 Å². The number of hydrogen-bond acceptors (Lipinski definition) is 4. The number of nitrogens with zero attached hydrogens (tertiary/aromatic N) is 1. The standard InChI is InChI=1S/C11H15NO4/c1-7(11(15)16)12(2)6-8-3-4-9(13)10(14)5-8/h3-5,7,13-14H,6H2,1-2H3,(H,15,16). The summed E-state index contributed by atoms with van der Waals surface area (Å²) in [5.74, 6) is -1.28. The Kier molecular flexibility index (Phi) is 3.73. The molecular formula is C11H15NO4. The molecule has 16 heavy (non-hydrogen) atoms. The first-order valence-corrected chi connectivity index (χ1v) is 4.85. The molecule has 0 aliphatic rings. The molecule has 0 heterocycles. The SMILES string of the molecule is CC(C(=O)O)N(C)Cc1ccc(O)c(O)c1. The number of rotatable bonds is 4. The van der Waals surface area contributed by atoms with E-state index in [0.717, 1.165) is 5.56 Å². The third-order valence-corrected chi connectivity index (χ3v) is 2.49. The number of phenols is 2. The number of phenolic OH excluding ortho intramolecular Hbond substituents is 2. The molecule has 5 heteroatoms. The van der Waals surface area contributed by atoms with Crippen molar-refractivity contribution >= 4 is 5.97 Å². The van der Waals surface area contributed by atoms with Gasteiger partial charge in [-0.1, -0.05) is 6.07 Å². The first-order chi connectivity index (χ1) is 7.41. The van der Waals surface area contributed by atoms with Crippen LogP contribution >= 0.6 is 0 Å². The van der Waals surface area contributed by atoms with Crippen molar-refractivity contribution in [2.45, 2.75) is 19.5 Å². The lowest BCUT2D eigenvalue weighted by Gasteiger charge is -2.21. The molecular weight excluding hydrogens is 210 g/mol. The van der Waals surface area contributed by atoms with E-state index in [1.807, 2.05) is 0 Å². The zero-order valence-electron chi connectivity index (χ0n) is 9.21. The van der Waals surface area contributed by atoms with E-state index in [1.165, 1.54) is 12.1 Å². The second kappa shape index (κ2) is 4.85. The second-order valence-electron chi connectivity index (χ2n) is 3.75.